The van der Waals surface area contributed by atoms with E-state index in [1.807, 2.05) is 6.92 Å². The zero-order valence-corrected chi connectivity index (χ0v) is 10.7. The van der Waals surface area contributed by atoms with Crippen molar-refractivity contribution in [2.45, 2.75) is 39.0 Å². The molecule has 0 bridgehead atoms. The second-order valence-electron chi connectivity index (χ2n) is 4.76. The van der Waals surface area contributed by atoms with Gasteiger partial charge in [0.05, 0.1) is 0 Å². The number of aromatic nitrogens is 1. The van der Waals surface area contributed by atoms with Crippen LogP contribution in [0.5, 0.6) is 0 Å². The fraction of sp³-hybridized carbons (Fsp3) is 0.500. The molecule has 0 radical (unpaired) electrons. The van der Waals surface area contributed by atoms with Gasteiger partial charge in [-0.3, -0.25) is 9.78 Å². The number of rotatable bonds is 3. The molecule has 0 atom stereocenters. The molecule has 1 aliphatic carbocycles. The highest BCUT2D eigenvalue weighted by atomic mass is 16.2. The highest BCUT2D eigenvalue weighted by Gasteiger charge is 2.16. The molecule has 1 aliphatic rings. The predicted octanol–water partition coefficient (Wildman–Crippen LogP) is 2.77. The molecule has 1 N–H and O–H groups in total. The van der Waals surface area contributed by atoms with Gasteiger partial charge in [0.2, 0.25) is 0 Å². The van der Waals surface area contributed by atoms with Crippen LogP contribution in [0, 0.1) is 5.92 Å². The van der Waals surface area contributed by atoms with Crippen LogP contribution in [-0.2, 0) is 0 Å². The fourth-order valence-electron chi connectivity index (χ4n) is 2.32. The average Bonchev–Trinajstić information content (AvgIpc) is 2.46. The molecule has 0 saturated heterocycles. The quantitative estimate of drug-likeness (QED) is 0.657. The molecule has 1 saturated carbocycles. The van der Waals surface area contributed by atoms with Crippen molar-refractivity contribution in [3.8, 4) is 0 Å². The molecule has 1 fully saturated rings. The zero-order valence-electron chi connectivity index (χ0n) is 10.7. The van der Waals surface area contributed by atoms with Gasteiger partial charge in [0.25, 0.3) is 5.91 Å². The van der Waals surface area contributed by atoms with Crippen LogP contribution in [0.1, 0.15) is 49.4 Å². The van der Waals surface area contributed by atoms with E-state index in [9.17, 15) is 4.79 Å². The van der Waals surface area contributed by atoms with Crippen LogP contribution in [0.4, 0.5) is 0 Å². The summed E-state index contributed by atoms with van der Waals surface area (Å²) in [5, 5.41) is 4.22. The number of carbonyl (C=O) groups is 1. The molecule has 1 amide bonds. The van der Waals surface area contributed by atoms with E-state index in [-0.39, 0.29) is 5.91 Å². The Labute approximate surface area is 108 Å². The van der Waals surface area contributed by atoms with E-state index in [2.05, 4.69) is 15.5 Å². The van der Waals surface area contributed by atoms with E-state index in [4.69, 9.17) is 0 Å². The van der Waals surface area contributed by atoms with E-state index in [1.54, 1.807) is 24.5 Å². The maximum absolute atomic E-state index is 11.8. The molecule has 1 aromatic rings. The van der Waals surface area contributed by atoms with Crippen molar-refractivity contribution < 1.29 is 4.79 Å². The standard InChI is InChI=1S/C14H19N3O/c1-11(12-5-3-2-4-6-12)16-17-14(18)13-7-9-15-10-8-13/h7-10,12H,2-6H2,1H3,(H,17,18)/b16-11-. The summed E-state index contributed by atoms with van der Waals surface area (Å²) in [6.07, 6.45) is 9.47. The minimum absolute atomic E-state index is 0.174. The number of carbonyl (C=O) groups excluding carboxylic acids is 1. The Hall–Kier alpha value is -1.71. The van der Waals surface area contributed by atoms with Crippen molar-refractivity contribution >= 4 is 11.6 Å². The molecule has 18 heavy (non-hydrogen) atoms. The lowest BCUT2D eigenvalue weighted by atomic mass is 9.86. The van der Waals surface area contributed by atoms with Crippen molar-refractivity contribution in [2.24, 2.45) is 11.0 Å². The molecule has 0 aromatic carbocycles. The van der Waals surface area contributed by atoms with Crippen LogP contribution in [0.15, 0.2) is 29.6 Å². The Kier molecular flexibility index (Phi) is 4.45. The SMILES string of the molecule is C/C(=N/NC(=O)c1ccncc1)C1CCCCC1. The minimum Gasteiger partial charge on any atom is -0.267 e. The van der Waals surface area contributed by atoms with Gasteiger partial charge in [0.1, 0.15) is 0 Å². The Morgan fingerprint density at radius 3 is 2.61 bits per heavy atom. The van der Waals surface area contributed by atoms with Gasteiger partial charge in [-0.1, -0.05) is 19.3 Å². The fourth-order valence-corrected chi connectivity index (χ4v) is 2.32. The third kappa shape index (κ3) is 3.39. The van der Waals surface area contributed by atoms with E-state index in [0.29, 0.717) is 11.5 Å². The van der Waals surface area contributed by atoms with Crippen molar-refractivity contribution in [1.82, 2.24) is 10.4 Å². The third-order valence-corrected chi connectivity index (χ3v) is 3.47. The van der Waals surface area contributed by atoms with Crippen molar-refractivity contribution in [3.63, 3.8) is 0 Å². The predicted molar refractivity (Wildman–Crippen MR) is 71.4 cm³/mol. The topological polar surface area (TPSA) is 54.4 Å². The van der Waals surface area contributed by atoms with E-state index >= 15 is 0 Å². The summed E-state index contributed by atoms with van der Waals surface area (Å²) in [4.78, 5) is 15.7. The summed E-state index contributed by atoms with van der Waals surface area (Å²) in [5.74, 6) is 0.365. The summed E-state index contributed by atoms with van der Waals surface area (Å²) in [7, 11) is 0. The summed E-state index contributed by atoms with van der Waals surface area (Å²) in [5.41, 5.74) is 4.24. The van der Waals surface area contributed by atoms with E-state index in [0.717, 1.165) is 5.71 Å². The Bertz CT molecular complexity index is 422. The smallest absolute Gasteiger partial charge is 0.267 e. The van der Waals surface area contributed by atoms with Gasteiger partial charge in [-0.25, -0.2) is 5.43 Å². The maximum atomic E-state index is 11.8. The molecule has 1 heterocycles. The highest BCUT2D eigenvalue weighted by molar-refractivity contribution is 5.95. The van der Waals surface area contributed by atoms with Crippen LogP contribution < -0.4 is 5.43 Å². The monoisotopic (exact) mass is 245 g/mol. The number of hydrogen-bond acceptors (Lipinski definition) is 3. The number of hydrogen-bond donors (Lipinski definition) is 1. The molecule has 0 unspecified atom stereocenters. The molecule has 4 nitrogen and oxygen atoms in total. The zero-order chi connectivity index (χ0) is 12.8. The second-order valence-corrected chi connectivity index (χ2v) is 4.76. The first-order valence-corrected chi connectivity index (χ1v) is 6.52. The molecule has 1 aromatic heterocycles. The van der Waals surface area contributed by atoms with Crippen molar-refractivity contribution in [2.75, 3.05) is 0 Å². The normalized spacial score (nSPS) is 17.5. The summed E-state index contributed by atoms with van der Waals surface area (Å²) < 4.78 is 0. The first-order chi connectivity index (χ1) is 8.77. The number of nitrogens with zero attached hydrogens (tertiary/aromatic N) is 2. The summed E-state index contributed by atoms with van der Waals surface area (Å²) in [6, 6.07) is 3.36. The molecule has 96 valence electrons. The van der Waals surface area contributed by atoms with Gasteiger partial charge in [-0.15, -0.1) is 0 Å². The van der Waals surface area contributed by atoms with E-state index in [1.165, 1.54) is 32.1 Å². The second kappa shape index (κ2) is 6.28. The van der Waals surface area contributed by atoms with Crippen molar-refractivity contribution in [1.29, 1.82) is 0 Å². The lowest BCUT2D eigenvalue weighted by Gasteiger charge is -2.21. The van der Waals surface area contributed by atoms with Gasteiger partial charge in [-0.05, 0) is 37.8 Å². The molecular weight excluding hydrogens is 226 g/mol. The van der Waals surface area contributed by atoms with Crippen LogP contribution in [-0.4, -0.2) is 16.6 Å². The maximum Gasteiger partial charge on any atom is 0.271 e. The number of hydrazone groups is 1. The van der Waals surface area contributed by atoms with Gasteiger partial charge in [0.15, 0.2) is 0 Å². The Balaban J connectivity index is 1.91. The Morgan fingerprint density at radius 2 is 1.94 bits per heavy atom. The largest absolute Gasteiger partial charge is 0.271 e. The summed E-state index contributed by atoms with van der Waals surface area (Å²) >= 11 is 0. The van der Waals surface area contributed by atoms with Crippen LogP contribution in [0.3, 0.4) is 0 Å². The van der Waals surface area contributed by atoms with Crippen LogP contribution >= 0.6 is 0 Å². The van der Waals surface area contributed by atoms with Gasteiger partial charge < -0.3 is 0 Å². The molecule has 0 spiro atoms. The first kappa shape index (κ1) is 12.7. The average molecular weight is 245 g/mol. The van der Waals surface area contributed by atoms with Crippen LogP contribution in [0.2, 0.25) is 0 Å². The third-order valence-electron chi connectivity index (χ3n) is 3.47. The van der Waals surface area contributed by atoms with Gasteiger partial charge >= 0.3 is 0 Å². The van der Waals surface area contributed by atoms with Gasteiger partial charge in [-0.2, -0.15) is 5.10 Å². The number of nitrogens with one attached hydrogen (secondary N) is 1. The number of amides is 1. The van der Waals surface area contributed by atoms with E-state index < -0.39 is 0 Å². The summed E-state index contributed by atoms with van der Waals surface area (Å²) in [6.45, 7) is 2.00. The molecular formula is C14H19N3O. The van der Waals surface area contributed by atoms with Crippen molar-refractivity contribution in [3.05, 3.63) is 30.1 Å². The number of pyridine rings is 1. The first-order valence-electron chi connectivity index (χ1n) is 6.52. The molecule has 4 heteroatoms. The minimum atomic E-state index is -0.174. The lowest BCUT2D eigenvalue weighted by molar-refractivity contribution is 0.0954. The van der Waals surface area contributed by atoms with Crippen LogP contribution in [0.25, 0.3) is 0 Å². The van der Waals surface area contributed by atoms with Gasteiger partial charge in [0, 0.05) is 23.7 Å². The highest BCUT2D eigenvalue weighted by Crippen LogP contribution is 2.24. The molecule has 0 aliphatic heterocycles. The lowest BCUT2D eigenvalue weighted by Crippen LogP contribution is -2.23. The molecule has 2 rings (SSSR count). The Morgan fingerprint density at radius 1 is 1.28 bits per heavy atom.